The van der Waals surface area contributed by atoms with Gasteiger partial charge >= 0.3 is 6.18 Å². The molecule has 3 atom stereocenters. The largest absolute Gasteiger partial charge is 0.416 e. The zero-order valence-corrected chi connectivity index (χ0v) is 14.3. The van der Waals surface area contributed by atoms with Gasteiger partial charge in [-0.15, -0.1) is 0 Å². The topological polar surface area (TPSA) is 40.6 Å². The van der Waals surface area contributed by atoms with E-state index < -0.39 is 29.5 Å². The summed E-state index contributed by atoms with van der Waals surface area (Å²) in [6.07, 6.45) is -0.0329. The molecule has 5 rings (SSSR count). The summed E-state index contributed by atoms with van der Waals surface area (Å²) in [5, 5.41) is 0. The molecule has 1 saturated carbocycles. The van der Waals surface area contributed by atoms with Gasteiger partial charge in [0.1, 0.15) is 0 Å². The molecule has 4 aliphatic rings. The van der Waals surface area contributed by atoms with E-state index in [9.17, 15) is 22.8 Å². The number of imide groups is 1. The van der Waals surface area contributed by atoms with Gasteiger partial charge in [0.2, 0.25) is 11.8 Å². The average Bonchev–Trinajstić information content (AvgIpc) is 2.88. The van der Waals surface area contributed by atoms with E-state index in [0.29, 0.717) is 0 Å². The normalized spacial score (nSPS) is 27.8. The van der Waals surface area contributed by atoms with Gasteiger partial charge in [0, 0.05) is 12.6 Å². The van der Waals surface area contributed by atoms with Gasteiger partial charge in [0.15, 0.2) is 0 Å². The molecule has 0 aromatic heterocycles. The minimum absolute atomic E-state index is 0.00580. The lowest BCUT2D eigenvalue weighted by atomic mass is 9.71. The van der Waals surface area contributed by atoms with Gasteiger partial charge in [-0.1, -0.05) is 13.0 Å². The summed E-state index contributed by atoms with van der Waals surface area (Å²) in [6, 6.07) is 4.40. The fourth-order valence-electron chi connectivity index (χ4n) is 4.51. The Bertz CT molecular complexity index is 802. The van der Waals surface area contributed by atoms with Crippen molar-refractivity contribution in [2.24, 2.45) is 11.8 Å². The van der Waals surface area contributed by atoms with Crippen LogP contribution < -0.4 is 4.90 Å². The Morgan fingerprint density at radius 1 is 1.19 bits per heavy atom. The van der Waals surface area contributed by atoms with Crippen molar-refractivity contribution in [3.8, 4) is 0 Å². The van der Waals surface area contributed by atoms with E-state index in [2.05, 4.69) is 11.8 Å². The van der Waals surface area contributed by atoms with E-state index in [1.54, 1.807) is 0 Å². The second-order valence-electron chi connectivity index (χ2n) is 7.11. The number of rotatable bonds is 3. The second-order valence-corrected chi connectivity index (χ2v) is 7.11. The molecule has 2 bridgehead atoms. The van der Waals surface area contributed by atoms with E-state index in [1.807, 2.05) is 6.20 Å². The molecule has 1 aromatic carbocycles. The van der Waals surface area contributed by atoms with Crippen LogP contribution in [0.25, 0.3) is 0 Å². The summed E-state index contributed by atoms with van der Waals surface area (Å²) in [6.45, 7) is 2.86. The minimum Gasteiger partial charge on any atom is -0.374 e. The van der Waals surface area contributed by atoms with Crippen molar-refractivity contribution < 1.29 is 22.8 Å². The fraction of sp³-hybridized carbons (Fsp3) is 0.474. The summed E-state index contributed by atoms with van der Waals surface area (Å²) >= 11 is 0. The van der Waals surface area contributed by atoms with Crippen LogP contribution in [0.5, 0.6) is 0 Å². The Morgan fingerprint density at radius 3 is 2.65 bits per heavy atom. The van der Waals surface area contributed by atoms with Crippen LogP contribution in [0.3, 0.4) is 0 Å². The first-order valence-electron chi connectivity index (χ1n) is 8.84. The highest BCUT2D eigenvalue weighted by molar-refractivity contribution is 6.23. The van der Waals surface area contributed by atoms with Gasteiger partial charge in [0.05, 0.1) is 23.1 Å². The van der Waals surface area contributed by atoms with Crippen molar-refractivity contribution >= 4 is 17.5 Å². The smallest absolute Gasteiger partial charge is 0.374 e. The molecule has 7 heteroatoms. The lowest BCUT2D eigenvalue weighted by Gasteiger charge is -2.45. The maximum atomic E-state index is 13.0. The Hall–Kier alpha value is -2.31. The van der Waals surface area contributed by atoms with Gasteiger partial charge < -0.3 is 4.90 Å². The first kappa shape index (κ1) is 17.1. The number of carbonyl (C=O) groups excluding carboxylic acids is 2. The highest BCUT2D eigenvalue weighted by atomic mass is 19.4. The molecule has 0 N–H and O–H groups in total. The molecule has 3 heterocycles. The first-order chi connectivity index (χ1) is 12.3. The summed E-state index contributed by atoms with van der Waals surface area (Å²) in [4.78, 5) is 29.0. The van der Waals surface area contributed by atoms with Crippen LogP contribution in [-0.4, -0.2) is 29.3 Å². The van der Waals surface area contributed by atoms with Gasteiger partial charge in [-0.2, -0.15) is 13.2 Å². The van der Waals surface area contributed by atoms with Crippen LogP contribution in [-0.2, 0) is 15.8 Å². The Morgan fingerprint density at radius 2 is 1.96 bits per heavy atom. The predicted octanol–water partition coefficient (Wildman–Crippen LogP) is 3.58. The molecular formula is C19H19F3N2O2. The number of benzene rings is 1. The van der Waals surface area contributed by atoms with E-state index in [1.165, 1.54) is 12.1 Å². The lowest BCUT2D eigenvalue weighted by molar-refractivity contribution is -0.137. The number of hydrogen-bond acceptors (Lipinski definition) is 3. The molecular weight excluding hydrogens is 345 g/mol. The van der Waals surface area contributed by atoms with Crippen LogP contribution >= 0.6 is 0 Å². The molecule has 3 aliphatic heterocycles. The van der Waals surface area contributed by atoms with Crippen molar-refractivity contribution in [2.75, 3.05) is 11.4 Å². The van der Waals surface area contributed by atoms with E-state index >= 15 is 0 Å². The van der Waals surface area contributed by atoms with Crippen molar-refractivity contribution in [1.29, 1.82) is 0 Å². The maximum Gasteiger partial charge on any atom is 0.416 e. The van der Waals surface area contributed by atoms with E-state index in [4.69, 9.17) is 0 Å². The zero-order valence-electron chi connectivity index (χ0n) is 14.3. The van der Waals surface area contributed by atoms with E-state index in [0.717, 1.165) is 48.4 Å². The Balaban J connectivity index is 1.71. The van der Waals surface area contributed by atoms with Crippen molar-refractivity contribution in [1.82, 2.24) is 4.90 Å². The Kier molecular flexibility index (Phi) is 3.86. The maximum absolute atomic E-state index is 13.0. The quantitative estimate of drug-likeness (QED) is 0.770. The molecule has 2 unspecified atom stereocenters. The number of nitrogens with zero attached hydrogens (tertiary/aromatic N) is 2. The highest BCUT2D eigenvalue weighted by Gasteiger charge is 2.57. The average molecular weight is 364 g/mol. The lowest BCUT2D eigenvalue weighted by Crippen LogP contribution is -2.50. The summed E-state index contributed by atoms with van der Waals surface area (Å²) in [7, 11) is 0. The second kappa shape index (κ2) is 5.86. The third-order valence-electron chi connectivity index (χ3n) is 5.56. The van der Waals surface area contributed by atoms with Crippen molar-refractivity contribution in [2.45, 2.75) is 38.4 Å². The summed E-state index contributed by atoms with van der Waals surface area (Å²) < 4.78 is 39.0. The van der Waals surface area contributed by atoms with Crippen molar-refractivity contribution in [3.05, 3.63) is 41.6 Å². The molecule has 1 aromatic rings. The highest BCUT2D eigenvalue weighted by Crippen LogP contribution is 2.48. The van der Waals surface area contributed by atoms with Crippen molar-refractivity contribution in [3.63, 3.8) is 0 Å². The molecule has 0 spiro atoms. The molecule has 0 radical (unpaired) electrons. The monoisotopic (exact) mass is 364 g/mol. The van der Waals surface area contributed by atoms with Crippen LogP contribution in [0.1, 0.15) is 31.7 Å². The number of fused-ring (bicyclic) bond motifs is 2. The summed E-state index contributed by atoms with van der Waals surface area (Å²) in [5.41, 5.74) is 0.0744. The zero-order chi connectivity index (χ0) is 18.6. The van der Waals surface area contributed by atoms with Gasteiger partial charge in [0.25, 0.3) is 0 Å². The first-order valence-corrected chi connectivity index (χ1v) is 8.84. The van der Waals surface area contributed by atoms with Gasteiger partial charge in [-0.05, 0) is 49.2 Å². The number of amides is 2. The van der Waals surface area contributed by atoms with Crippen LogP contribution in [0.15, 0.2) is 36.0 Å². The van der Waals surface area contributed by atoms with Gasteiger partial charge in [-0.25, -0.2) is 4.90 Å². The minimum atomic E-state index is -4.52. The Labute approximate surface area is 149 Å². The standard InChI is InChI=1S/C19H19F3N2O2/c1-2-8-23-10-11-6-7-14(23)16-15(11)17(25)24(18(16)26)13-5-3-4-12(9-13)19(20,21)22/h3-5,9-10,14-16H,2,6-8H2,1H3/t14-,15?,16?/m0/s1. The van der Waals surface area contributed by atoms with Crippen LogP contribution in [0, 0.1) is 11.8 Å². The molecule has 2 amide bonds. The third kappa shape index (κ3) is 2.44. The van der Waals surface area contributed by atoms with Crippen LogP contribution in [0.2, 0.25) is 0 Å². The molecule has 2 fully saturated rings. The van der Waals surface area contributed by atoms with Gasteiger partial charge in [-0.3, -0.25) is 9.59 Å². The number of alkyl halides is 3. The third-order valence-corrected chi connectivity index (χ3v) is 5.56. The predicted molar refractivity (Wildman–Crippen MR) is 89.0 cm³/mol. The number of hydrogen-bond donors (Lipinski definition) is 0. The number of halogens is 3. The van der Waals surface area contributed by atoms with Crippen LogP contribution in [0.4, 0.5) is 18.9 Å². The SMILES string of the molecule is CCCN1C=C2CC[C@H]1C1C(=O)N(c3cccc(C(F)(F)F)c3)C(=O)C21. The molecule has 4 nitrogen and oxygen atoms in total. The number of anilines is 1. The van der Waals surface area contributed by atoms with E-state index in [-0.39, 0.29) is 17.6 Å². The molecule has 26 heavy (non-hydrogen) atoms. The molecule has 1 aliphatic carbocycles. The molecule has 138 valence electrons. The fourth-order valence-corrected chi connectivity index (χ4v) is 4.51. The molecule has 1 saturated heterocycles. The number of carbonyl (C=O) groups is 2. The summed E-state index contributed by atoms with van der Waals surface area (Å²) in [5.74, 6) is -1.79.